The van der Waals surface area contributed by atoms with Crippen LogP contribution in [0.25, 0.3) is 11.4 Å². The van der Waals surface area contributed by atoms with Crippen molar-refractivity contribution in [2.45, 2.75) is 27.2 Å². The van der Waals surface area contributed by atoms with Gasteiger partial charge in [0.15, 0.2) is 11.6 Å². The zero-order chi connectivity index (χ0) is 14.7. The molecule has 2 aromatic rings. The molecule has 20 heavy (non-hydrogen) atoms. The Balaban J connectivity index is 2.62. The molecule has 0 bridgehead atoms. The number of hydrogen-bond acceptors (Lipinski definition) is 3. The van der Waals surface area contributed by atoms with Crippen molar-refractivity contribution in [2.24, 2.45) is 0 Å². The topological polar surface area (TPSA) is 37.8 Å². The highest BCUT2D eigenvalue weighted by Gasteiger charge is 2.15. The molecule has 1 aromatic carbocycles. The highest BCUT2D eigenvalue weighted by molar-refractivity contribution is 6.31. The molecule has 1 N–H and O–H groups in total. The number of nitrogens with zero attached hydrogens (tertiary/aromatic N) is 2. The van der Waals surface area contributed by atoms with Crippen LogP contribution in [0.15, 0.2) is 18.2 Å². The second kappa shape index (κ2) is 6.18. The van der Waals surface area contributed by atoms with Crippen LogP contribution < -0.4 is 5.32 Å². The number of aromatic nitrogens is 2. The van der Waals surface area contributed by atoms with Gasteiger partial charge in [-0.05, 0) is 32.4 Å². The minimum Gasteiger partial charge on any atom is -0.370 e. The third-order valence-corrected chi connectivity index (χ3v) is 3.41. The van der Waals surface area contributed by atoms with Crippen LogP contribution in [-0.4, -0.2) is 16.5 Å². The standard InChI is InChI=1S/C15H17ClFN3/c1-4-12-9(3)14(18-5-2)20-15(19-12)10-7-6-8-11(16)13(10)17/h6-8H,4-5H2,1-3H3,(H,18,19,20). The SMILES string of the molecule is CCNc1nc(-c2cccc(Cl)c2F)nc(CC)c1C. The van der Waals surface area contributed by atoms with Gasteiger partial charge in [-0.3, -0.25) is 0 Å². The molecule has 1 heterocycles. The van der Waals surface area contributed by atoms with E-state index in [-0.39, 0.29) is 5.02 Å². The van der Waals surface area contributed by atoms with Crippen LogP contribution in [0.4, 0.5) is 10.2 Å². The van der Waals surface area contributed by atoms with E-state index in [1.54, 1.807) is 12.1 Å². The first-order valence-electron chi connectivity index (χ1n) is 6.64. The van der Waals surface area contributed by atoms with Crippen LogP contribution in [-0.2, 0) is 6.42 Å². The molecule has 0 spiro atoms. The normalized spacial score (nSPS) is 10.7. The number of nitrogens with one attached hydrogen (secondary N) is 1. The highest BCUT2D eigenvalue weighted by Crippen LogP contribution is 2.27. The third kappa shape index (κ3) is 2.75. The molecular weight excluding hydrogens is 277 g/mol. The average molecular weight is 294 g/mol. The Morgan fingerprint density at radius 1 is 1.25 bits per heavy atom. The highest BCUT2D eigenvalue weighted by atomic mass is 35.5. The van der Waals surface area contributed by atoms with E-state index in [1.807, 2.05) is 20.8 Å². The lowest BCUT2D eigenvalue weighted by Crippen LogP contribution is -2.08. The van der Waals surface area contributed by atoms with Gasteiger partial charge in [-0.1, -0.05) is 24.6 Å². The third-order valence-electron chi connectivity index (χ3n) is 3.12. The van der Waals surface area contributed by atoms with Crippen molar-refractivity contribution < 1.29 is 4.39 Å². The second-order valence-electron chi connectivity index (χ2n) is 4.45. The monoisotopic (exact) mass is 293 g/mol. The first-order valence-corrected chi connectivity index (χ1v) is 7.02. The fraction of sp³-hybridized carbons (Fsp3) is 0.333. The van der Waals surface area contributed by atoms with Gasteiger partial charge in [-0.15, -0.1) is 0 Å². The summed E-state index contributed by atoms with van der Waals surface area (Å²) in [7, 11) is 0. The Hall–Kier alpha value is -1.68. The summed E-state index contributed by atoms with van der Waals surface area (Å²) >= 11 is 5.82. The van der Waals surface area contributed by atoms with Gasteiger partial charge in [0, 0.05) is 17.8 Å². The number of hydrogen-bond donors (Lipinski definition) is 1. The van der Waals surface area contributed by atoms with Crippen LogP contribution >= 0.6 is 11.6 Å². The van der Waals surface area contributed by atoms with Gasteiger partial charge >= 0.3 is 0 Å². The molecule has 0 aliphatic rings. The number of rotatable bonds is 4. The van der Waals surface area contributed by atoms with Crippen molar-refractivity contribution in [3.05, 3.63) is 40.3 Å². The van der Waals surface area contributed by atoms with E-state index < -0.39 is 5.82 Å². The zero-order valence-corrected chi connectivity index (χ0v) is 12.6. The molecule has 1 aromatic heterocycles. The summed E-state index contributed by atoms with van der Waals surface area (Å²) in [5.74, 6) is 0.625. The average Bonchev–Trinajstić information content (AvgIpc) is 2.44. The van der Waals surface area contributed by atoms with E-state index in [4.69, 9.17) is 11.6 Å². The maximum absolute atomic E-state index is 14.1. The molecule has 5 heteroatoms. The van der Waals surface area contributed by atoms with E-state index in [9.17, 15) is 4.39 Å². The molecular formula is C15H17ClFN3. The lowest BCUT2D eigenvalue weighted by Gasteiger charge is -2.13. The molecule has 3 nitrogen and oxygen atoms in total. The predicted molar refractivity (Wildman–Crippen MR) is 80.7 cm³/mol. The van der Waals surface area contributed by atoms with E-state index in [0.717, 1.165) is 30.0 Å². The molecule has 0 aliphatic carbocycles. The molecule has 0 atom stereocenters. The number of halogens is 2. The molecule has 0 saturated heterocycles. The fourth-order valence-corrected chi connectivity index (χ4v) is 2.22. The maximum atomic E-state index is 14.1. The molecule has 0 fully saturated rings. The fourth-order valence-electron chi connectivity index (χ4n) is 2.04. The largest absolute Gasteiger partial charge is 0.370 e. The van der Waals surface area contributed by atoms with Crippen molar-refractivity contribution in [2.75, 3.05) is 11.9 Å². The predicted octanol–water partition coefficient (Wildman–Crippen LogP) is 4.24. The smallest absolute Gasteiger partial charge is 0.164 e. The lowest BCUT2D eigenvalue weighted by molar-refractivity contribution is 0.630. The first kappa shape index (κ1) is 14.7. The van der Waals surface area contributed by atoms with Gasteiger partial charge in [0.1, 0.15) is 5.82 Å². The number of anilines is 1. The molecule has 0 saturated carbocycles. The minimum absolute atomic E-state index is 0.0784. The van der Waals surface area contributed by atoms with E-state index in [1.165, 1.54) is 6.07 Å². The molecule has 2 rings (SSSR count). The Morgan fingerprint density at radius 3 is 2.65 bits per heavy atom. The van der Waals surface area contributed by atoms with Crippen LogP contribution in [0.2, 0.25) is 5.02 Å². The molecule has 0 amide bonds. The first-order chi connectivity index (χ1) is 9.58. The van der Waals surface area contributed by atoms with Crippen molar-refractivity contribution in [3.63, 3.8) is 0 Å². The summed E-state index contributed by atoms with van der Waals surface area (Å²) in [4.78, 5) is 8.88. The molecule has 0 radical (unpaired) electrons. The Labute approximate surface area is 123 Å². The minimum atomic E-state index is -0.484. The van der Waals surface area contributed by atoms with E-state index in [2.05, 4.69) is 15.3 Å². The lowest BCUT2D eigenvalue weighted by atomic mass is 10.1. The number of aryl methyl sites for hydroxylation is 1. The molecule has 0 aliphatic heterocycles. The summed E-state index contributed by atoms with van der Waals surface area (Å²) in [6, 6.07) is 4.85. The molecule has 106 valence electrons. The van der Waals surface area contributed by atoms with Crippen molar-refractivity contribution >= 4 is 17.4 Å². The Morgan fingerprint density at radius 2 is 2.00 bits per heavy atom. The van der Waals surface area contributed by atoms with Crippen LogP contribution in [0.3, 0.4) is 0 Å². The van der Waals surface area contributed by atoms with Gasteiger partial charge in [-0.2, -0.15) is 0 Å². The molecule has 0 unspecified atom stereocenters. The zero-order valence-electron chi connectivity index (χ0n) is 11.8. The van der Waals surface area contributed by atoms with Gasteiger partial charge in [-0.25, -0.2) is 14.4 Å². The van der Waals surface area contributed by atoms with Crippen molar-refractivity contribution in [1.82, 2.24) is 9.97 Å². The van der Waals surface area contributed by atoms with Crippen LogP contribution in [0.1, 0.15) is 25.1 Å². The van der Waals surface area contributed by atoms with Gasteiger partial charge in [0.2, 0.25) is 0 Å². The number of benzene rings is 1. The van der Waals surface area contributed by atoms with E-state index in [0.29, 0.717) is 11.4 Å². The van der Waals surface area contributed by atoms with Gasteiger partial charge in [0.05, 0.1) is 10.6 Å². The van der Waals surface area contributed by atoms with Crippen LogP contribution in [0, 0.1) is 12.7 Å². The second-order valence-corrected chi connectivity index (χ2v) is 4.86. The van der Waals surface area contributed by atoms with Gasteiger partial charge < -0.3 is 5.32 Å². The van der Waals surface area contributed by atoms with Gasteiger partial charge in [0.25, 0.3) is 0 Å². The summed E-state index contributed by atoms with van der Waals surface area (Å²) < 4.78 is 14.1. The summed E-state index contributed by atoms with van der Waals surface area (Å²) in [6.45, 7) is 6.73. The summed E-state index contributed by atoms with van der Waals surface area (Å²) in [5.41, 5.74) is 2.23. The Bertz CT molecular complexity index is 629. The quantitative estimate of drug-likeness (QED) is 0.916. The van der Waals surface area contributed by atoms with Crippen molar-refractivity contribution in [1.29, 1.82) is 0 Å². The Kier molecular flexibility index (Phi) is 4.55. The van der Waals surface area contributed by atoms with Crippen molar-refractivity contribution in [3.8, 4) is 11.4 Å². The van der Waals surface area contributed by atoms with Crippen LogP contribution in [0.5, 0.6) is 0 Å². The van der Waals surface area contributed by atoms with E-state index >= 15 is 0 Å². The summed E-state index contributed by atoms with van der Waals surface area (Å²) in [6.07, 6.45) is 0.766. The maximum Gasteiger partial charge on any atom is 0.164 e. The summed E-state index contributed by atoms with van der Waals surface area (Å²) in [5, 5.41) is 3.27.